The van der Waals surface area contributed by atoms with Gasteiger partial charge in [-0.3, -0.25) is 0 Å². The molecule has 2 saturated heterocycles. The summed E-state index contributed by atoms with van der Waals surface area (Å²) in [5, 5.41) is 3.45. The first kappa shape index (κ1) is 10.1. The fraction of sp³-hybridized carbons (Fsp3) is 1.00. The topological polar surface area (TPSA) is 15.3 Å². The lowest BCUT2D eigenvalue weighted by atomic mass is 10.4. The molecular weight excluding hydrogens is 200 g/mol. The first-order valence-corrected chi connectivity index (χ1v) is 7.21. The number of rotatable bonds is 2. The Labute approximate surface area is 89.2 Å². The van der Waals surface area contributed by atoms with Crippen molar-refractivity contribution in [2.75, 3.05) is 44.2 Å². The minimum absolute atomic E-state index is 0.859. The summed E-state index contributed by atoms with van der Waals surface area (Å²) in [6, 6.07) is 0. The van der Waals surface area contributed by atoms with E-state index in [-0.39, 0.29) is 0 Å². The van der Waals surface area contributed by atoms with Gasteiger partial charge in [0.05, 0.1) is 4.58 Å². The normalized spacial score (nSPS) is 27.7. The molecule has 0 bridgehead atoms. The Hall–Kier alpha value is 0.620. The lowest BCUT2D eigenvalue weighted by Gasteiger charge is -2.22. The molecule has 13 heavy (non-hydrogen) atoms. The molecule has 2 rings (SSSR count). The maximum Gasteiger partial charge on any atom is 0.0629 e. The molecule has 0 spiro atoms. The molecule has 0 unspecified atom stereocenters. The summed E-state index contributed by atoms with van der Waals surface area (Å²) in [6.45, 7) is 6.24. The van der Waals surface area contributed by atoms with Crippen LogP contribution in [0.15, 0.2) is 0 Å². The number of nitrogens with zero attached hydrogens (tertiary/aromatic N) is 1. The molecule has 0 aromatic heterocycles. The smallest absolute Gasteiger partial charge is 0.0629 e. The zero-order chi connectivity index (χ0) is 8.93. The van der Waals surface area contributed by atoms with Crippen LogP contribution in [0, 0.1) is 0 Å². The van der Waals surface area contributed by atoms with E-state index >= 15 is 0 Å². The molecule has 0 amide bonds. The van der Waals surface area contributed by atoms with E-state index in [1.807, 2.05) is 0 Å². The number of hydrogen-bond donors (Lipinski definition) is 1. The van der Waals surface area contributed by atoms with Crippen LogP contribution < -0.4 is 5.32 Å². The predicted octanol–water partition coefficient (Wildman–Crippen LogP) is 1.09. The lowest BCUT2D eigenvalue weighted by molar-refractivity contribution is 0.307. The first-order valence-electron chi connectivity index (χ1n) is 5.11. The highest BCUT2D eigenvalue weighted by Crippen LogP contribution is 2.32. The average molecular weight is 218 g/mol. The van der Waals surface area contributed by atoms with E-state index in [4.69, 9.17) is 0 Å². The van der Waals surface area contributed by atoms with Crippen molar-refractivity contribution in [1.29, 1.82) is 0 Å². The zero-order valence-corrected chi connectivity index (χ0v) is 9.63. The van der Waals surface area contributed by atoms with Crippen molar-refractivity contribution in [3.05, 3.63) is 0 Å². The second kappa shape index (κ2) is 5.49. The average Bonchev–Trinajstić information content (AvgIpc) is 2.49. The van der Waals surface area contributed by atoms with Gasteiger partial charge in [-0.2, -0.15) is 0 Å². The van der Waals surface area contributed by atoms with Gasteiger partial charge in [0.1, 0.15) is 0 Å². The molecule has 76 valence electrons. The monoisotopic (exact) mass is 218 g/mol. The molecule has 2 aliphatic heterocycles. The van der Waals surface area contributed by atoms with E-state index in [2.05, 4.69) is 33.7 Å². The highest BCUT2D eigenvalue weighted by atomic mass is 32.2. The van der Waals surface area contributed by atoms with Gasteiger partial charge >= 0.3 is 0 Å². The van der Waals surface area contributed by atoms with Crippen molar-refractivity contribution in [2.24, 2.45) is 0 Å². The molecule has 2 aliphatic rings. The van der Waals surface area contributed by atoms with Crippen LogP contribution in [0.25, 0.3) is 0 Å². The van der Waals surface area contributed by atoms with Crippen molar-refractivity contribution in [3.63, 3.8) is 0 Å². The minimum Gasteiger partial charge on any atom is -0.315 e. The van der Waals surface area contributed by atoms with Crippen molar-refractivity contribution in [3.8, 4) is 0 Å². The summed E-state index contributed by atoms with van der Waals surface area (Å²) in [6.07, 6.45) is 1.32. The number of hydrogen-bond acceptors (Lipinski definition) is 4. The van der Waals surface area contributed by atoms with Crippen LogP contribution in [0.4, 0.5) is 0 Å². The molecule has 2 heterocycles. The summed E-state index contributed by atoms with van der Waals surface area (Å²) in [4.78, 5) is 2.62. The van der Waals surface area contributed by atoms with Gasteiger partial charge in [0.25, 0.3) is 0 Å². The van der Waals surface area contributed by atoms with Gasteiger partial charge < -0.3 is 10.2 Å². The van der Waals surface area contributed by atoms with Crippen molar-refractivity contribution in [2.45, 2.75) is 11.0 Å². The van der Waals surface area contributed by atoms with E-state index in [9.17, 15) is 0 Å². The third-order valence-electron chi connectivity index (χ3n) is 2.53. The molecule has 1 N–H and O–H groups in total. The quantitative estimate of drug-likeness (QED) is 0.746. The summed E-state index contributed by atoms with van der Waals surface area (Å²) < 4.78 is 0.859. The van der Waals surface area contributed by atoms with Gasteiger partial charge in [0.15, 0.2) is 0 Å². The maximum absolute atomic E-state index is 3.45. The Morgan fingerprint density at radius 1 is 1.15 bits per heavy atom. The van der Waals surface area contributed by atoms with Gasteiger partial charge in [-0.25, -0.2) is 0 Å². The van der Waals surface area contributed by atoms with Crippen molar-refractivity contribution in [1.82, 2.24) is 10.2 Å². The van der Waals surface area contributed by atoms with Crippen LogP contribution in [0.5, 0.6) is 0 Å². The Bertz CT molecular complexity index is 141. The van der Waals surface area contributed by atoms with Crippen LogP contribution in [-0.4, -0.2) is 53.7 Å². The van der Waals surface area contributed by atoms with Crippen LogP contribution in [0.3, 0.4) is 0 Å². The molecule has 0 radical (unpaired) electrons. The Morgan fingerprint density at radius 2 is 2.00 bits per heavy atom. The first-order chi connectivity index (χ1) is 6.45. The predicted molar refractivity (Wildman–Crippen MR) is 62.6 cm³/mol. The zero-order valence-electron chi connectivity index (χ0n) is 8.00. The van der Waals surface area contributed by atoms with E-state index in [1.54, 1.807) is 0 Å². The number of thioether (sulfide) groups is 2. The third kappa shape index (κ3) is 3.35. The SMILES string of the molecule is C1CNCCN(CC2SCCS2)C1. The fourth-order valence-electron chi connectivity index (χ4n) is 1.81. The maximum atomic E-state index is 3.45. The van der Waals surface area contributed by atoms with Crippen LogP contribution in [0.1, 0.15) is 6.42 Å². The molecular formula is C9H18N2S2. The molecule has 0 atom stereocenters. The molecule has 0 aromatic carbocycles. The lowest BCUT2D eigenvalue weighted by Crippen LogP contribution is -2.32. The Balaban J connectivity index is 1.71. The van der Waals surface area contributed by atoms with Gasteiger partial charge in [0.2, 0.25) is 0 Å². The summed E-state index contributed by atoms with van der Waals surface area (Å²) in [5.41, 5.74) is 0. The fourth-order valence-corrected chi connectivity index (χ4v) is 4.70. The summed E-state index contributed by atoms with van der Waals surface area (Å²) in [5.74, 6) is 2.73. The van der Waals surface area contributed by atoms with Crippen molar-refractivity contribution < 1.29 is 0 Å². The van der Waals surface area contributed by atoms with Crippen LogP contribution in [0.2, 0.25) is 0 Å². The summed E-state index contributed by atoms with van der Waals surface area (Å²) in [7, 11) is 0. The Morgan fingerprint density at radius 3 is 2.85 bits per heavy atom. The minimum atomic E-state index is 0.859. The third-order valence-corrected chi connectivity index (χ3v) is 5.53. The van der Waals surface area contributed by atoms with Gasteiger partial charge in [0, 0.05) is 31.1 Å². The Kier molecular flexibility index (Phi) is 4.28. The summed E-state index contributed by atoms with van der Waals surface area (Å²) >= 11 is 4.29. The molecule has 4 heteroatoms. The molecule has 0 saturated carbocycles. The molecule has 2 nitrogen and oxygen atoms in total. The second-order valence-electron chi connectivity index (χ2n) is 3.58. The van der Waals surface area contributed by atoms with E-state index in [1.165, 1.54) is 50.7 Å². The van der Waals surface area contributed by atoms with Crippen molar-refractivity contribution >= 4 is 23.5 Å². The van der Waals surface area contributed by atoms with Gasteiger partial charge in [-0.1, -0.05) is 0 Å². The largest absolute Gasteiger partial charge is 0.315 e. The second-order valence-corrected chi connectivity index (χ2v) is 6.49. The van der Waals surface area contributed by atoms with Gasteiger partial charge in [-0.05, 0) is 19.5 Å². The van der Waals surface area contributed by atoms with Crippen LogP contribution >= 0.6 is 23.5 Å². The van der Waals surface area contributed by atoms with E-state index < -0.39 is 0 Å². The standard InChI is InChI=1S/C9H18N2S2/c1-2-10-3-5-11(4-1)8-9-12-6-7-13-9/h9-10H,1-8H2. The van der Waals surface area contributed by atoms with Gasteiger partial charge in [-0.15, -0.1) is 23.5 Å². The number of nitrogens with one attached hydrogen (secondary N) is 1. The highest BCUT2D eigenvalue weighted by molar-refractivity contribution is 8.20. The molecule has 0 aliphatic carbocycles. The highest BCUT2D eigenvalue weighted by Gasteiger charge is 2.19. The molecule has 2 fully saturated rings. The molecule has 0 aromatic rings. The van der Waals surface area contributed by atoms with E-state index in [0.29, 0.717) is 0 Å². The van der Waals surface area contributed by atoms with Crippen LogP contribution in [-0.2, 0) is 0 Å². The van der Waals surface area contributed by atoms with E-state index in [0.717, 1.165) is 4.58 Å².